The van der Waals surface area contributed by atoms with Crippen molar-refractivity contribution in [1.29, 1.82) is 0 Å². The lowest BCUT2D eigenvalue weighted by Crippen LogP contribution is -2.03. The number of para-hydroxylation sites is 2. The average molecular weight is 331 g/mol. The van der Waals surface area contributed by atoms with E-state index in [9.17, 15) is 0 Å². The summed E-state index contributed by atoms with van der Waals surface area (Å²) in [7, 11) is 0. The average Bonchev–Trinajstić information content (AvgIpc) is 3.05. The number of aryl methyl sites for hydroxylation is 1. The van der Waals surface area contributed by atoms with Gasteiger partial charge in [0.15, 0.2) is 5.82 Å². The van der Waals surface area contributed by atoms with Gasteiger partial charge >= 0.3 is 0 Å². The molecule has 0 bridgehead atoms. The molecule has 0 radical (unpaired) electrons. The second-order valence-electron chi connectivity index (χ2n) is 6.89. The molecule has 4 rings (SSSR count). The van der Waals surface area contributed by atoms with Gasteiger partial charge in [-0.25, -0.2) is 4.98 Å². The first-order valence-corrected chi connectivity index (χ1v) is 9.44. The first-order valence-electron chi connectivity index (χ1n) is 9.44. The number of hydrogen-bond acceptors (Lipinski definition) is 2. The summed E-state index contributed by atoms with van der Waals surface area (Å²) in [4.78, 5) is 9.36. The molecule has 3 nitrogen and oxygen atoms in total. The molecule has 0 spiro atoms. The van der Waals surface area contributed by atoms with Gasteiger partial charge in [0.1, 0.15) is 0 Å². The minimum Gasteiger partial charge on any atom is -0.323 e. The Morgan fingerprint density at radius 1 is 1.04 bits per heavy atom. The molecule has 1 fully saturated rings. The summed E-state index contributed by atoms with van der Waals surface area (Å²) in [6.07, 6.45) is 8.71. The van der Waals surface area contributed by atoms with E-state index >= 15 is 0 Å². The Bertz CT molecular complexity index is 868. The summed E-state index contributed by atoms with van der Waals surface area (Å²) in [5.74, 6) is 1.66. The Labute approximate surface area is 149 Å². The third-order valence-corrected chi connectivity index (χ3v) is 5.30. The van der Waals surface area contributed by atoms with Crippen molar-refractivity contribution in [2.75, 3.05) is 0 Å². The van der Waals surface area contributed by atoms with Gasteiger partial charge in [-0.05, 0) is 55.5 Å². The molecular weight excluding hydrogens is 306 g/mol. The van der Waals surface area contributed by atoms with Gasteiger partial charge in [-0.15, -0.1) is 0 Å². The Morgan fingerprint density at radius 2 is 1.80 bits per heavy atom. The van der Waals surface area contributed by atoms with Gasteiger partial charge < -0.3 is 4.57 Å². The maximum atomic E-state index is 4.70. The van der Waals surface area contributed by atoms with Crippen LogP contribution in [0.1, 0.15) is 56.3 Å². The minimum absolute atomic E-state index is 0.746. The van der Waals surface area contributed by atoms with Crippen LogP contribution in [-0.4, -0.2) is 15.8 Å². The predicted molar refractivity (Wildman–Crippen MR) is 105 cm³/mol. The normalized spacial score (nSPS) is 16.0. The van der Waals surface area contributed by atoms with Crippen molar-refractivity contribution in [2.45, 2.75) is 51.5 Å². The van der Waals surface area contributed by atoms with E-state index < -0.39 is 0 Å². The maximum absolute atomic E-state index is 4.70. The van der Waals surface area contributed by atoms with Gasteiger partial charge in [0, 0.05) is 6.54 Å². The predicted octanol–water partition coefficient (Wildman–Crippen LogP) is 5.85. The van der Waals surface area contributed by atoms with Gasteiger partial charge in [0.05, 0.1) is 22.9 Å². The van der Waals surface area contributed by atoms with Crippen LogP contribution in [0.2, 0.25) is 0 Å². The molecule has 1 aromatic heterocycles. The zero-order valence-corrected chi connectivity index (χ0v) is 14.9. The third kappa shape index (κ3) is 3.37. The highest BCUT2D eigenvalue weighted by molar-refractivity contribution is 5.86. The van der Waals surface area contributed by atoms with Crippen molar-refractivity contribution in [3.05, 3.63) is 59.9 Å². The van der Waals surface area contributed by atoms with E-state index in [1.54, 1.807) is 0 Å². The Balaban J connectivity index is 1.55. The molecule has 3 aromatic rings. The summed E-state index contributed by atoms with van der Waals surface area (Å²) in [5, 5.41) is 0. The SMILES string of the molecule is CCn1c(C=Nc2ccc(C3CCCCC3)cc2)nc2ccccc21. The number of imidazole rings is 1. The van der Waals surface area contributed by atoms with Crippen molar-refractivity contribution < 1.29 is 0 Å². The standard InChI is InChI=1S/C22H25N3/c1-2-25-21-11-7-6-10-20(21)24-22(25)16-23-19-14-12-18(13-15-19)17-8-4-3-5-9-17/h6-7,10-17H,2-5,8-9H2,1H3. The second kappa shape index (κ2) is 7.22. The van der Waals surface area contributed by atoms with Gasteiger partial charge in [-0.1, -0.05) is 43.5 Å². The highest BCUT2D eigenvalue weighted by Gasteiger charge is 2.15. The molecule has 3 heteroatoms. The van der Waals surface area contributed by atoms with Gasteiger partial charge in [-0.3, -0.25) is 4.99 Å². The van der Waals surface area contributed by atoms with Crippen LogP contribution in [0.25, 0.3) is 11.0 Å². The molecule has 0 atom stereocenters. The summed E-state index contributed by atoms with van der Waals surface area (Å²) in [6.45, 7) is 3.03. The molecule has 128 valence electrons. The number of aliphatic imine (C=N–C) groups is 1. The molecule has 1 saturated carbocycles. The molecule has 25 heavy (non-hydrogen) atoms. The van der Waals surface area contributed by atoms with Crippen LogP contribution in [0.4, 0.5) is 5.69 Å². The molecule has 1 aliphatic carbocycles. The van der Waals surface area contributed by atoms with E-state index in [1.165, 1.54) is 43.2 Å². The molecule has 0 unspecified atom stereocenters. The van der Waals surface area contributed by atoms with Crippen LogP contribution in [0, 0.1) is 0 Å². The largest absolute Gasteiger partial charge is 0.323 e. The second-order valence-corrected chi connectivity index (χ2v) is 6.89. The fraction of sp³-hybridized carbons (Fsp3) is 0.364. The number of benzene rings is 2. The van der Waals surface area contributed by atoms with Crippen molar-refractivity contribution >= 4 is 22.9 Å². The summed E-state index contributed by atoms with van der Waals surface area (Å²) >= 11 is 0. The molecule has 1 heterocycles. The van der Waals surface area contributed by atoms with E-state index in [4.69, 9.17) is 4.98 Å². The Morgan fingerprint density at radius 3 is 2.56 bits per heavy atom. The molecule has 0 aliphatic heterocycles. The summed E-state index contributed by atoms with van der Waals surface area (Å²) in [6, 6.07) is 17.0. The van der Waals surface area contributed by atoms with Crippen LogP contribution >= 0.6 is 0 Å². The number of hydrogen-bond donors (Lipinski definition) is 0. The molecule has 0 N–H and O–H groups in total. The molecule has 0 saturated heterocycles. The number of nitrogens with zero attached hydrogens (tertiary/aromatic N) is 3. The molecule has 0 amide bonds. The zero-order valence-electron chi connectivity index (χ0n) is 14.9. The van der Waals surface area contributed by atoms with Crippen LogP contribution in [0.5, 0.6) is 0 Å². The van der Waals surface area contributed by atoms with Crippen LogP contribution in [0.3, 0.4) is 0 Å². The fourth-order valence-electron chi connectivity index (χ4n) is 3.93. The highest BCUT2D eigenvalue weighted by atomic mass is 15.1. The van der Waals surface area contributed by atoms with Crippen molar-refractivity contribution in [3.8, 4) is 0 Å². The smallest absolute Gasteiger partial charge is 0.152 e. The molecular formula is C22H25N3. The molecule has 1 aliphatic rings. The first-order chi connectivity index (χ1) is 12.3. The lowest BCUT2D eigenvalue weighted by molar-refractivity contribution is 0.443. The zero-order chi connectivity index (χ0) is 17.1. The van der Waals surface area contributed by atoms with Crippen LogP contribution < -0.4 is 0 Å². The van der Waals surface area contributed by atoms with Crippen molar-refractivity contribution in [1.82, 2.24) is 9.55 Å². The van der Waals surface area contributed by atoms with Crippen LogP contribution in [-0.2, 0) is 6.54 Å². The van der Waals surface area contributed by atoms with E-state index in [0.29, 0.717) is 0 Å². The van der Waals surface area contributed by atoms with E-state index in [-0.39, 0.29) is 0 Å². The van der Waals surface area contributed by atoms with Crippen molar-refractivity contribution in [3.63, 3.8) is 0 Å². The lowest BCUT2D eigenvalue weighted by Gasteiger charge is -2.21. The number of fused-ring (bicyclic) bond motifs is 1. The van der Waals surface area contributed by atoms with Gasteiger partial charge in [0.2, 0.25) is 0 Å². The third-order valence-electron chi connectivity index (χ3n) is 5.30. The Kier molecular flexibility index (Phi) is 4.64. The summed E-state index contributed by atoms with van der Waals surface area (Å²) in [5.41, 5.74) is 4.66. The van der Waals surface area contributed by atoms with E-state index in [2.05, 4.69) is 58.9 Å². The highest BCUT2D eigenvalue weighted by Crippen LogP contribution is 2.33. The fourth-order valence-corrected chi connectivity index (χ4v) is 3.93. The maximum Gasteiger partial charge on any atom is 0.152 e. The summed E-state index contributed by atoms with van der Waals surface area (Å²) < 4.78 is 2.20. The minimum atomic E-state index is 0.746. The lowest BCUT2D eigenvalue weighted by atomic mass is 9.84. The topological polar surface area (TPSA) is 30.2 Å². The Hall–Kier alpha value is -2.42. The quantitative estimate of drug-likeness (QED) is 0.551. The van der Waals surface area contributed by atoms with Gasteiger partial charge in [-0.2, -0.15) is 0 Å². The first kappa shape index (κ1) is 16.1. The van der Waals surface area contributed by atoms with E-state index in [1.807, 2.05) is 12.3 Å². The number of rotatable bonds is 4. The van der Waals surface area contributed by atoms with Crippen LogP contribution in [0.15, 0.2) is 53.5 Å². The monoisotopic (exact) mass is 331 g/mol. The molecule has 2 aromatic carbocycles. The van der Waals surface area contributed by atoms with E-state index in [0.717, 1.165) is 29.5 Å². The number of aromatic nitrogens is 2. The van der Waals surface area contributed by atoms with Gasteiger partial charge in [0.25, 0.3) is 0 Å². The van der Waals surface area contributed by atoms with Crippen molar-refractivity contribution in [2.24, 2.45) is 4.99 Å².